The molecule has 1 aliphatic rings. The van der Waals surface area contributed by atoms with E-state index in [2.05, 4.69) is 27.7 Å². The molecule has 2 N–H and O–H groups in total. The van der Waals surface area contributed by atoms with E-state index in [1.54, 1.807) is 0 Å². The second-order valence-electron chi connectivity index (χ2n) is 5.94. The Labute approximate surface area is 93.0 Å². The summed E-state index contributed by atoms with van der Waals surface area (Å²) in [6.07, 6.45) is 1.92. The second-order valence-corrected chi connectivity index (χ2v) is 5.94. The van der Waals surface area contributed by atoms with Crippen LogP contribution in [0.15, 0.2) is 0 Å². The molecule has 1 rings (SSSR count). The molecule has 0 aromatic carbocycles. The van der Waals surface area contributed by atoms with Crippen molar-refractivity contribution in [3.8, 4) is 0 Å². The van der Waals surface area contributed by atoms with Crippen molar-refractivity contribution in [1.82, 2.24) is 4.90 Å². The zero-order valence-corrected chi connectivity index (χ0v) is 10.6. The highest BCUT2D eigenvalue weighted by Gasteiger charge is 2.51. The highest BCUT2D eigenvalue weighted by Crippen LogP contribution is 2.46. The number of carbonyl (C=O) groups excluding carboxylic acids is 1. The highest BCUT2D eigenvalue weighted by atomic mass is 16.2. The van der Waals surface area contributed by atoms with Gasteiger partial charge in [-0.2, -0.15) is 0 Å². The molecule has 88 valence electrons. The molecule has 1 fully saturated rings. The maximum atomic E-state index is 12.2. The SMILES string of the molecule is CC(N(C)C(=O)C1(CN)CC1)C(C)(C)C. The van der Waals surface area contributed by atoms with Crippen LogP contribution in [0, 0.1) is 10.8 Å². The van der Waals surface area contributed by atoms with Gasteiger partial charge in [0.05, 0.1) is 5.41 Å². The number of hydrogen-bond acceptors (Lipinski definition) is 2. The molecule has 15 heavy (non-hydrogen) atoms. The van der Waals surface area contributed by atoms with Crippen molar-refractivity contribution in [3.05, 3.63) is 0 Å². The van der Waals surface area contributed by atoms with Crippen LogP contribution in [-0.4, -0.2) is 30.4 Å². The molecular formula is C12H24N2O. The molecule has 3 nitrogen and oxygen atoms in total. The predicted molar refractivity (Wildman–Crippen MR) is 62.4 cm³/mol. The van der Waals surface area contributed by atoms with Crippen molar-refractivity contribution in [2.45, 2.75) is 46.6 Å². The van der Waals surface area contributed by atoms with Crippen molar-refractivity contribution in [2.75, 3.05) is 13.6 Å². The average Bonchev–Trinajstić information content (AvgIpc) is 2.93. The Balaban J connectivity index is 2.69. The van der Waals surface area contributed by atoms with E-state index in [1.165, 1.54) is 0 Å². The lowest BCUT2D eigenvalue weighted by Crippen LogP contribution is -2.47. The fourth-order valence-corrected chi connectivity index (χ4v) is 1.79. The minimum Gasteiger partial charge on any atom is -0.342 e. The van der Waals surface area contributed by atoms with Crippen LogP contribution < -0.4 is 5.73 Å². The summed E-state index contributed by atoms with van der Waals surface area (Å²) in [5, 5.41) is 0. The number of hydrogen-bond donors (Lipinski definition) is 1. The third-order valence-electron chi connectivity index (χ3n) is 3.85. The highest BCUT2D eigenvalue weighted by molar-refractivity contribution is 5.85. The zero-order valence-electron chi connectivity index (χ0n) is 10.6. The Bertz CT molecular complexity index is 251. The normalized spacial score (nSPS) is 20.9. The van der Waals surface area contributed by atoms with Gasteiger partial charge in [-0.15, -0.1) is 0 Å². The van der Waals surface area contributed by atoms with Gasteiger partial charge in [0.2, 0.25) is 5.91 Å². The summed E-state index contributed by atoms with van der Waals surface area (Å²) in [6, 6.07) is 0.244. The van der Waals surface area contributed by atoms with Crippen LogP contribution in [0.1, 0.15) is 40.5 Å². The summed E-state index contributed by atoms with van der Waals surface area (Å²) in [6.45, 7) is 9.06. The molecule has 0 saturated heterocycles. The van der Waals surface area contributed by atoms with E-state index >= 15 is 0 Å². The first kappa shape index (κ1) is 12.5. The largest absolute Gasteiger partial charge is 0.342 e. The van der Waals surface area contributed by atoms with Gasteiger partial charge in [0.1, 0.15) is 0 Å². The third-order valence-corrected chi connectivity index (χ3v) is 3.85. The van der Waals surface area contributed by atoms with Gasteiger partial charge in [-0.05, 0) is 25.2 Å². The number of nitrogens with zero attached hydrogens (tertiary/aromatic N) is 1. The summed E-state index contributed by atoms with van der Waals surface area (Å²) >= 11 is 0. The van der Waals surface area contributed by atoms with Crippen molar-refractivity contribution >= 4 is 5.91 Å². The van der Waals surface area contributed by atoms with Crippen LogP contribution in [0.3, 0.4) is 0 Å². The van der Waals surface area contributed by atoms with Gasteiger partial charge in [-0.1, -0.05) is 20.8 Å². The molecule has 3 heteroatoms. The lowest BCUT2D eigenvalue weighted by Gasteiger charge is -2.37. The molecule has 0 aliphatic heterocycles. The molecule has 1 aliphatic carbocycles. The first-order valence-corrected chi connectivity index (χ1v) is 5.72. The van der Waals surface area contributed by atoms with Crippen molar-refractivity contribution < 1.29 is 4.79 Å². The van der Waals surface area contributed by atoms with Crippen LogP contribution in [0.5, 0.6) is 0 Å². The molecule has 0 heterocycles. The smallest absolute Gasteiger partial charge is 0.230 e. The molecule has 0 aromatic heterocycles. The molecule has 0 aromatic rings. The molecular weight excluding hydrogens is 188 g/mol. The van der Waals surface area contributed by atoms with E-state index in [0.717, 1.165) is 12.8 Å². The van der Waals surface area contributed by atoms with E-state index in [0.29, 0.717) is 6.54 Å². The monoisotopic (exact) mass is 212 g/mol. The summed E-state index contributed by atoms with van der Waals surface area (Å²) in [4.78, 5) is 14.1. The fraction of sp³-hybridized carbons (Fsp3) is 0.917. The Morgan fingerprint density at radius 3 is 2.20 bits per heavy atom. The summed E-state index contributed by atoms with van der Waals surface area (Å²) in [5.74, 6) is 0.229. The van der Waals surface area contributed by atoms with Crippen LogP contribution in [-0.2, 0) is 4.79 Å². The fourth-order valence-electron chi connectivity index (χ4n) is 1.79. The Hall–Kier alpha value is -0.570. The first-order valence-electron chi connectivity index (χ1n) is 5.72. The van der Waals surface area contributed by atoms with Gasteiger partial charge in [0.25, 0.3) is 0 Å². The van der Waals surface area contributed by atoms with Crippen molar-refractivity contribution in [3.63, 3.8) is 0 Å². The lowest BCUT2D eigenvalue weighted by molar-refractivity contribution is -0.139. The number of carbonyl (C=O) groups is 1. The van der Waals surface area contributed by atoms with E-state index in [-0.39, 0.29) is 22.8 Å². The van der Waals surface area contributed by atoms with E-state index in [4.69, 9.17) is 5.73 Å². The van der Waals surface area contributed by atoms with E-state index < -0.39 is 0 Å². The van der Waals surface area contributed by atoms with Gasteiger partial charge in [0.15, 0.2) is 0 Å². The summed E-state index contributed by atoms with van der Waals surface area (Å²) in [7, 11) is 1.90. The van der Waals surface area contributed by atoms with Crippen LogP contribution >= 0.6 is 0 Å². The van der Waals surface area contributed by atoms with Gasteiger partial charge in [0, 0.05) is 19.6 Å². The van der Waals surface area contributed by atoms with Crippen molar-refractivity contribution in [1.29, 1.82) is 0 Å². The van der Waals surface area contributed by atoms with Gasteiger partial charge in [-0.3, -0.25) is 4.79 Å². The lowest BCUT2D eigenvalue weighted by atomic mass is 9.86. The molecule has 0 spiro atoms. The second kappa shape index (κ2) is 3.78. The minimum atomic E-state index is -0.214. The minimum absolute atomic E-state index is 0.120. The zero-order chi connectivity index (χ0) is 11.9. The maximum Gasteiger partial charge on any atom is 0.230 e. The van der Waals surface area contributed by atoms with E-state index in [1.807, 2.05) is 11.9 Å². The maximum absolute atomic E-state index is 12.2. The average molecular weight is 212 g/mol. The predicted octanol–water partition coefficient (Wildman–Crippen LogP) is 1.62. The number of amides is 1. The molecule has 1 saturated carbocycles. The Kier molecular flexibility index (Phi) is 3.15. The molecule has 1 atom stereocenters. The number of rotatable bonds is 3. The molecule has 1 amide bonds. The summed E-state index contributed by atoms with van der Waals surface area (Å²) in [5.41, 5.74) is 5.58. The first-order chi connectivity index (χ1) is 6.74. The molecule has 0 radical (unpaired) electrons. The van der Waals surface area contributed by atoms with Crippen LogP contribution in [0.25, 0.3) is 0 Å². The summed E-state index contributed by atoms with van der Waals surface area (Å²) < 4.78 is 0. The topological polar surface area (TPSA) is 46.3 Å². The van der Waals surface area contributed by atoms with Crippen LogP contribution in [0.4, 0.5) is 0 Å². The Morgan fingerprint density at radius 2 is 1.93 bits per heavy atom. The van der Waals surface area contributed by atoms with Gasteiger partial charge < -0.3 is 10.6 Å². The van der Waals surface area contributed by atoms with Crippen LogP contribution in [0.2, 0.25) is 0 Å². The van der Waals surface area contributed by atoms with Crippen molar-refractivity contribution in [2.24, 2.45) is 16.6 Å². The Morgan fingerprint density at radius 1 is 1.47 bits per heavy atom. The quantitative estimate of drug-likeness (QED) is 0.772. The standard InChI is InChI=1S/C12H24N2O/c1-9(11(2,3)4)14(5)10(15)12(8-13)6-7-12/h9H,6-8,13H2,1-5H3. The van der Waals surface area contributed by atoms with E-state index in [9.17, 15) is 4.79 Å². The molecule has 1 unspecified atom stereocenters. The number of nitrogens with two attached hydrogens (primary N) is 1. The van der Waals surface area contributed by atoms with Gasteiger partial charge >= 0.3 is 0 Å². The molecule has 0 bridgehead atoms. The third kappa shape index (κ3) is 2.33. The van der Waals surface area contributed by atoms with Gasteiger partial charge in [-0.25, -0.2) is 0 Å².